The molecule has 2 rings (SSSR count). The molecule has 0 aromatic carbocycles. The van der Waals surface area contributed by atoms with Gasteiger partial charge in [0.1, 0.15) is 0 Å². The number of nitrogen functional groups attached to an aromatic ring is 1. The van der Waals surface area contributed by atoms with Crippen LogP contribution in [0.15, 0.2) is 16.6 Å². The predicted octanol–water partition coefficient (Wildman–Crippen LogP) is 0.208. The van der Waals surface area contributed by atoms with Crippen molar-refractivity contribution in [3.63, 3.8) is 0 Å². The van der Waals surface area contributed by atoms with Crippen LogP contribution < -0.4 is 10.5 Å². The molecule has 0 radical (unpaired) electrons. The summed E-state index contributed by atoms with van der Waals surface area (Å²) in [6, 6.07) is 0. The summed E-state index contributed by atoms with van der Waals surface area (Å²) in [5, 5.41) is 1.79. The van der Waals surface area contributed by atoms with Crippen molar-refractivity contribution in [3.8, 4) is 0 Å². The molecule has 0 aliphatic carbocycles. The highest BCUT2D eigenvalue weighted by atomic mass is 32.2. The van der Waals surface area contributed by atoms with Gasteiger partial charge >= 0.3 is 0 Å². The number of anilines is 1. The van der Waals surface area contributed by atoms with Gasteiger partial charge in [-0.15, -0.1) is 11.3 Å². The Labute approximate surface area is 116 Å². The molecule has 0 amide bonds. The van der Waals surface area contributed by atoms with Gasteiger partial charge in [0.2, 0.25) is 0 Å². The van der Waals surface area contributed by atoms with Crippen LogP contribution in [0.3, 0.4) is 0 Å². The molecule has 0 aliphatic rings. The third kappa shape index (κ3) is 2.89. The summed E-state index contributed by atoms with van der Waals surface area (Å²) < 4.78 is 28.5. The first kappa shape index (κ1) is 14.3. The predicted molar refractivity (Wildman–Crippen MR) is 75.8 cm³/mol. The van der Waals surface area contributed by atoms with Gasteiger partial charge in [0, 0.05) is 24.7 Å². The van der Waals surface area contributed by atoms with Crippen molar-refractivity contribution in [2.45, 2.75) is 11.9 Å². The Kier molecular flexibility index (Phi) is 4.09. The van der Waals surface area contributed by atoms with E-state index in [1.165, 1.54) is 15.7 Å². The van der Waals surface area contributed by atoms with Crippen molar-refractivity contribution in [1.82, 2.24) is 19.0 Å². The SMILES string of the molecule is CCN(C)CCNS(=O)(=O)c1c(N)nc2sccn12. The van der Waals surface area contributed by atoms with Gasteiger partial charge in [0.05, 0.1) is 0 Å². The summed E-state index contributed by atoms with van der Waals surface area (Å²) >= 11 is 1.34. The highest BCUT2D eigenvalue weighted by Gasteiger charge is 2.24. The first-order valence-corrected chi connectivity index (χ1v) is 8.21. The molecule has 19 heavy (non-hydrogen) atoms. The molecule has 9 heteroatoms. The summed E-state index contributed by atoms with van der Waals surface area (Å²) in [5.74, 6) is 0.0307. The van der Waals surface area contributed by atoms with Crippen molar-refractivity contribution in [2.75, 3.05) is 32.4 Å². The average Bonchev–Trinajstić information content (AvgIpc) is 2.87. The van der Waals surface area contributed by atoms with Gasteiger partial charge in [0.25, 0.3) is 10.0 Å². The second-order valence-electron chi connectivity index (χ2n) is 4.15. The third-order valence-electron chi connectivity index (χ3n) is 2.82. The Bertz CT molecular complexity index is 661. The molecule has 2 aromatic rings. The van der Waals surface area contributed by atoms with E-state index in [-0.39, 0.29) is 10.8 Å². The fourth-order valence-corrected chi connectivity index (χ4v) is 3.65. The Morgan fingerprint density at radius 2 is 2.32 bits per heavy atom. The van der Waals surface area contributed by atoms with Crippen LogP contribution in [0.25, 0.3) is 4.96 Å². The molecule has 7 nitrogen and oxygen atoms in total. The van der Waals surface area contributed by atoms with Crippen molar-refractivity contribution < 1.29 is 8.42 Å². The number of sulfonamides is 1. The van der Waals surface area contributed by atoms with Crippen LogP contribution in [0.1, 0.15) is 6.92 Å². The number of fused-ring (bicyclic) bond motifs is 1. The van der Waals surface area contributed by atoms with E-state index < -0.39 is 10.0 Å². The number of nitrogens with zero attached hydrogens (tertiary/aromatic N) is 3. The lowest BCUT2D eigenvalue weighted by Gasteiger charge is -2.14. The second kappa shape index (κ2) is 5.45. The van der Waals surface area contributed by atoms with E-state index in [9.17, 15) is 8.42 Å². The molecule has 0 aliphatic heterocycles. The van der Waals surface area contributed by atoms with Gasteiger partial charge in [-0.05, 0) is 13.6 Å². The zero-order valence-electron chi connectivity index (χ0n) is 10.8. The van der Waals surface area contributed by atoms with Crippen LogP contribution in [0.5, 0.6) is 0 Å². The quantitative estimate of drug-likeness (QED) is 0.795. The highest BCUT2D eigenvalue weighted by Crippen LogP contribution is 2.22. The number of hydrogen-bond acceptors (Lipinski definition) is 6. The molecular weight excluding hydrogens is 286 g/mol. The van der Waals surface area contributed by atoms with Crippen molar-refractivity contribution in [3.05, 3.63) is 11.6 Å². The number of hydrogen-bond donors (Lipinski definition) is 2. The molecule has 3 N–H and O–H groups in total. The first-order chi connectivity index (χ1) is 8.95. The normalized spacial score (nSPS) is 12.6. The highest BCUT2D eigenvalue weighted by molar-refractivity contribution is 7.89. The summed E-state index contributed by atoms with van der Waals surface area (Å²) in [7, 11) is -1.71. The molecule has 0 bridgehead atoms. The molecule has 0 fully saturated rings. The van der Waals surface area contributed by atoms with E-state index in [1.807, 2.05) is 18.9 Å². The van der Waals surface area contributed by atoms with Crippen LogP contribution in [0.4, 0.5) is 5.82 Å². The van der Waals surface area contributed by atoms with Crippen LogP contribution in [0.2, 0.25) is 0 Å². The summed E-state index contributed by atoms with van der Waals surface area (Å²) in [6.07, 6.45) is 1.65. The van der Waals surface area contributed by atoms with Crippen molar-refractivity contribution in [1.29, 1.82) is 0 Å². The first-order valence-electron chi connectivity index (χ1n) is 5.85. The van der Waals surface area contributed by atoms with E-state index in [0.29, 0.717) is 18.1 Å². The Hall–Kier alpha value is -1.16. The van der Waals surface area contributed by atoms with Gasteiger partial charge in [-0.25, -0.2) is 18.1 Å². The molecule has 0 spiro atoms. The number of nitrogens with one attached hydrogen (secondary N) is 1. The standard InChI is InChI=1S/C10H17N5O2S2/c1-3-14(2)5-4-12-19(16,17)9-8(11)13-10-15(9)6-7-18-10/h6-7,12H,3-5,11H2,1-2H3. The number of likely N-dealkylation sites (N-methyl/N-ethyl adjacent to an activating group) is 1. The van der Waals surface area contributed by atoms with Crippen LogP contribution >= 0.6 is 11.3 Å². The van der Waals surface area contributed by atoms with E-state index in [0.717, 1.165) is 6.54 Å². The minimum Gasteiger partial charge on any atom is -0.381 e. The zero-order chi connectivity index (χ0) is 14.0. The minimum atomic E-state index is -3.64. The largest absolute Gasteiger partial charge is 0.381 e. The lowest BCUT2D eigenvalue weighted by Crippen LogP contribution is -2.33. The van der Waals surface area contributed by atoms with Gasteiger partial charge in [-0.1, -0.05) is 6.92 Å². The summed E-state index contributed by atoms with van der Waals surface area (Å²) in [5.41, 5.74) is 5.69. The van der Waals surface area contributed by atoms with Crippen molar-refractivity contribution in [2.24, 2.45) is 0 Å². The maximum atomic E-state index is 12.2. The molecule has 2 heterocycles. The monoisotopic (exact) mass is 303 g/mol. The fraction of sp³-hybridized carbons (Fsp3) is 0.500. The van der Waals surface area contributed by atoms with E-state index >= 15 is 0 Å². The van der Waals surface area contributed by atoms with Crippen LogP contribution in [0, 0.1) is 0 Å². The summed E-state index contributed by atoms with van der Waals surface area (Å²) in [6.45, 7) is 3.86. The lowest BCUT2D eigenvalue weighted by molar-refractivity contribution is 0.358. The Balaban J connectivity index is 2.19. The molecule has 0 saturated heterocycles. The number of imidazole rings is 1. The van der Waals surface area contributed by atoms with Gasteiger partial charge < -0.3 is 10.6 Å². The van der Waals surface area contributed by atoms with E-state index in [4.69, 9.17) is 5.73 Å². The molecule has 2 aromatic heterocycles. The molecule has 0 unspecified atom stereocenters. The average molecular weight is 303 g/mol. The Morgan fingerprint density at radius 3 is 3.00 bits per heavy atom. The van der Waals surface area contributed by atoms with Gasteiger partial charge in [-0.2, -0.15) is 0 Å². The number of nitrogens with two attached hydrogens (primary N) is 1. The molecular formula is C10H17N5O2S2. The number of thiazole rings is 1. The molecule has 106 valence electrons. The smallest absolute Gasteiger partial charge is 0.260 e. The third-order valence-corrected chi connectivity index (χ3v) is 5.08. The lowest BCUT2D eigenvalue weighted by atomic mass is 10.5. The van der Waals surface area contributed by atoms with E-state index in [2.05, 4.69) is 9.71 Å². The second-order valence-corrected chi connectivity index (χ2v) is 6.71. The van der Waals surface area contributed by atoms with Crippen LogP contribution in [-0.4, -0.2) is 49.4 Å². The molecule has 0 atom stereocenters. The Morgan fingerprint density at radius 1 is 1.58 bits per heavy atom. The zero-order valence-corrected chi connectivity index (χ0v) is 12.5. The van der Waals surface area contributed by atoms with Gasteiger partial charge in [-0.3, -0.25) is 4.40 Å². The number of rotatable bonds is 6. The van der Waals surface area contributed by atoms with E-state index in [1.54, 1.807) is 11.6 Å². The maximum Gasteiger partial charge on any atom is 0.260 e. The van der Waals surface area contributed by atoms with Gasteiger partial charge in [0.15, 0.2) is 15.8 Å². The van der Waals surface area contributed by atoms with Crippen molar-refractivity contribution >= 4 is 32.1 Å². The number of aromatic nitrogens is 2. The molecule has 0 saturated carbocycles. The summed E-state index contributed by atoms with van der Waals surface area (Å²) in [4.78, 5) is 6.62. The van der Waals surface area contributed by atoms with Crippen LogP contribution in [-0.2, 0) is 10.0 Å². The topological polar surface area (TPSA) is 92.7 Å². The minimum absolute atomic E-state index is 0.0166. The fourth-order valence-electron chi connectivity index (χ4n) is 1.65. The maximum absolute atomic E-state index is 12.2.